The number of hydrogen-bond donors (Lipinski definition) is 1. The topological polar surface area (TPSA) is 76.5 Å². The van der Waals surface area contributed by atoms with Gasteiger partial charge in [-0.05, 0) is 12.8 Å². The summed E-state index contributed by atoms with van der Waals surface area (Å²) in [6.45, 7) is 0.815. The van der Waals surface area contributed by atoms with Gasteiger partial charge in [0.15, 0.2) is 0 Å². The van der Waals surface area contributed by atoms with Crippen LogP contribution in [0.2, 0.25) is 0 Å². The second kappa shape index (κ2) is 5.10. The van der Waals surface area contributed by atoms with Gasteiger partial charge in [-0.25, -0.2) is 9.50 Å². The Kier molecular flexibility index (Phi) is 3.07. The van der Waals surface area contributed by atoms with Crippen LogP contribution in [0.4, 0.5) is 5.13 Å². The Morgan fingerprint density at radius 1 is 1.32 bits per heavy atom. The maximum absolute atomic E-state index is 11.5. The molecule has 0 radical (unpaired) electrons. The van der Waals surface area contributed by atoms with Gasteiger partial charge in [-0.1, -0.05) is 41.7 Å². The Bertz CT molecular complexity index is 793. The SMILES string of the molecule is NC(=O)[C@@H]1CCCN1c1nn2cc(-c3ccccc3)nc2s1. The normalized spacial score (nSPS) is 18.2. The first-order valence-electron chi connectivity index (χ1n) is 7.20. The van der Waals surface area contributed by atoms with Crippen molar-refractivity contribution in [2.45, 2.75) is 18.9 Å². The average Bonchev–Trinajstić information content (AvgIpc) is 3.21. The van der Waals surface area contributed by atoms with E-state index >= 15 is 0 Å². The highest BCUT2D eigenvalue weighted by Crippen LogP contribution is 2.31. The molecular formula is C15H15N5OS. The fourth-order valence-corrected chi connectivity index (χ4v) is 3.80. The zero-order chi connectivity index (χ0) is 15.1. The quantitative estimate of drug-likeness (QED) is 0.801. The Morgan fingerprint density at radius 2 is 2.14 bits per heavy atom. The van der Waals surface area contributed by atoms with Crippen LogP contribution in [0.3, 0.4) is 0 Å². The van der Waals surface area contributed by atoms with Crippen molar-refractivity contribution in [3.63, 3.8) is 0 Å². The molecule has 2 aromatic heterocycles. The Balaban J connectivity index is 1.68. The third-order valence-corrected chi connectivity index (χ3v) is 4.89. The summed E-state index contributed by atoms with van der Waals surface area (Å²) in [6.07, 6.45) is 3.68. The van der Waals surface area contributed by atoms with Crippen LogP contribution in [0.25, 0.3) is 16.2 Å². The average molecular weight is 313 g/mol. The maximum atomic E-state index is 11.5. The summed E-state index contributed by atoms with van der Waals surface area (Å²) in [6, 6.07) is 9.76. The van der Waals surface area contributed by atoms with Gasteiger partial charge < -0.3 is 10.6 Å². The molecule has 6 nitrogen and oxygen atoms in total. The number of nitrogens with two attached hydrogens (primary N) is 1. The van der Waals surface area contributed by atoms with Crippen molar-refractivity contribution < 1.29 is 4.79 Å². The van der Waals surface area contributed by atoms with E-state index in [9.17, 15) is 4.79 Å². The number of nitrogens with zero attached hydrogens (tertiary/aromatic N) is 4. The highest BCUT2D eigenvalue weighted by molar-refractivity contribution is 7.20. The van der Waals surface area contributed by atoms with Gasteiger partial charge in [-0.3, -0.25) is 4.79 Å². The van der Waals surface area contributed by atoms with Crippen LogP contribution >= 0.6 is 11.3 Å². The summed E-state index contributed by atoms with van der Waals surface area (Å²) < 4.78 is 1.78. The van der Waals surface area contributed by atoms with Crippen molar-refractivity contribution in [3.8, 4) is 11.3 Å². The second-order valence-corrected chi connectivity index (χ2v) is 6.29. The number of primary amides is 1. The molecule has 1 saturated heterocycles. The maximum Gasteiger partial charge on any atom is 0.240 e. The predicted molar refractivity (Wildman–Crippen MR) is 85.9 cm³/mol. The van der Waals surface area contributed by atoms with E-state index in [-0.39, 0.29) is 11.9 Å². The molecule has 1 aliphatic rings. The lowest BCUT2D eigenvalue weighted by molar-refractivity contribution is -0.119. The summed E-state index contributed by atoms with van der Waals surface area (Å²) in [5.74, 6) is -0.282. The van der Waals surface area contributed by atoms with Gasteiger partial charge in [-0.2, -0.15) is 0 Å². The molecule has 0 saturated carbocycles. The standard InChI is InChI=1S/C15H15N5OS/c16-13(21)12-7-4-8-19(12)15-18-20-9-11(17-14(20)22-15)10-5-2-1-3-6-10/h1-3,5-6,9,12H,4,7-8H2,(H2,16,21)/t12-/m0/s1. The van der Waals surface area contributed by atoms with E-state index in [0.29, 0.717) is 0 Å². The van der Waals surface area contributed by atoms with E-state index in [1.54, 1.807) is 4.52 Å². The third kappa shape index (κ3) is 2.14. The van der Waals surface area contributed by atoms with Gasteiger partial charge in [0.2, 0.25) is 16.0 Å². The van der Waals surface area contributed by atoms with E-state index in [2.05, 4.69) is 10.1 Å². The Morgan fingerprint density at radius 3 is 2.86 bits per heavy atom. The molecule has 112 valence electrons. The summed E-state index contributed by atoms with van der Waals surface area (Å²) in [4.78, 5) is 18.9. The third-order valence-electron chi connectivity index (χ3n) is 3.93. The van der Waals surface area contributed by atoms with E-state index < -0.39 is 0 Å². The van der Waals surface area contributed by atoms with Crippen LogP contribution in [0.5, 0.6) is 0 Å². The van der Waals surface area contributed by atoms with E-state index in [4.69, 9.17) is 5.73 Å². The van der Waals surface area contributed by atoms with Gasteiger partial charge in [-0.15, -0.1) is 5.10 Å². The number of carbonyl (C=O) groups excluding carboxylic acids is 1. The largest absolute Gasteiger partial charge is 0.368 e. The lowest BCUT2D eigenvalue weighted by Crippen LogP contribution is -2.40. The van der Waals surface area contributed by atoms with Crippen molar-refractivity contribution in [3.05, 3.63) is 36.5 Å². The van der Waals surface area contributed by atoms with Gasteiger partial charge in [0.25, 0.3) is 0 Å². The minimum absolute atomic E-state index is 0.246. The number of imidazole rings is 1. The lowest BCUT2D eigenvalue weighted by atomic mass is 10.2. The minimum atomic E-state index is -0.282. The molecule has 0 bridgehead atoms. The number of carbonyl (C=O) groups is 1. The molecule has 0 unspecified atom stereocenters. The number of aromatic nitrogens is 3. The zero-order valence-electron chi connectivity index (χ0n) is 11.8. The number of anilines is 1. The zero-order valence-corrected chi connectivity index (χ0v) is 12.7. The van der Waals surface area contributed by atoms with Gasteiger partial charge in [0, 0.05) is 12.1 Å². The minimum Gasteiger partial charge on any atom is -0.368 e. The van der Waals surface area contributed by atoms with Crippen molar-refractivity contribution in [2.24, 2.45) is 5.73 Å². The van der Waals surface area contributed by atoms with Crippen LogP contribution in [0.1, 0.15) is 12.8 Å². The fraction of sp³-hybridized carbons (Fsp3) is 0.267. The van der Waals surface area contributed by atoms with Crippen LogP contribution in [0, 0.1) is 0 Å². The molecule has 3 heterocycles. The van der Waals surface area contributed by atoms with E-state index in [1.807, 2.05) is 41.4 Å². The van der Waals surface area contributed by atoms with Crippen LogP contribution in [-0.2, 0) is 4.79 Å². The molecular weight excluding hydrogens is 298 g/mol. The Hall–Kier alpha value is -2.41. The first kappa shape index (κ1) is 13.3. The first-order valence-corrected chi connectivity index (χ1v) is 8.01. The summed E-state index contributed by atoms with van der Waals surface area (Å²) in [5, 5.41) is 5.37. The van der Waals surface area contributed by atoms with Gasteiger partial charge >= 0.3 is 0 Å². The van der Waals surface area contributed by atoms with Crippen molar-refractivity contribution >= 4 is 27.3 Å². The number of benzene rings is 1. The molecule has 1 atom stereocenters. The molecule has 1 aliphatic heterocycles. The number of fused-ring (bicyclic) bond motifs is 1. The smallest absolute Gasteiger partial charge is 0.240 e. The summed E-state index contributed by atoms with van der Waals surface area (Å²) in [7, 11) is 0. The van der Waals surface area contributed by atoms with Gasteiger partial charge in [0.1, 0.15) is 6.04 Å². The van der Waals surface area contributed by atoms with Crippen molar-refractivity contribution in [2.75, 3.05) is 11.4 Å². The molecule has 22 heavy (non-hydrogen) atoms. The molecule has 3 aromatic rings. The van der Waals surface area contributed by atoms with E-state index in [1.165, 1.54) is 11.3 Å². The molecule has 7 heteroatoms. The highest BCUT2D eigenvalue weighted by Gasteiger charge is 2.31. The van der Waals surface area contributed by atoms with E-state index in [0.717, 1.165) is 40.7 Å². The van der Waals surface area contributed by atoms with Gasteiger partial charge in [0.05, 0.1) is 11.9 Å². The van der Waals surface area contributed by atoms with Crippen LogP contribution in [0.15, 0.2) is 36.5 Å². The van der Waals surface area contributed by atoms with Crippen LogP contribution < -0.4 is 10.6 Å². The number of amides is 1. The Labute approximate surface area is 131 Å². The summed E-state index contributed by atoms with van der Waals surface area (Å²) in [5.41, 5.74) is 7.44. The first-order chi connectivity index (χ1) is 10.7. The van der Waals surface area contributed by atoms with Crippen molar-refractivity contribution in [1.29, 1.82) is 0 Å². The molecule has 1 aromatic carbocycles. The molecule has 4 rings (SSSR count). The lowest BCUT2D eigenvalue weighted by Gasteiger charge is -2.20. The van der Waals surface area contributed by atoms with Crippen molar-refractivity contribution in [1.82, 2.24) is 14.6 Å². The van der Waals surface area contributed by atoms with Crippen LogP contribution in [-0.4, -0.2) is 33.1 Å². The summed E-state index contributed by atoms with van der Waals surface area (Å²) >= 11 is 1.49. The monoisotopic (exact) mass is 313 g/mol. The number of hydrogen-bond acceptors (Lipinski definition) is 5. The molecule has 1 amide bonds. The molecule has 0 spiro atoms. The predicted octanol–water partition coefficient (Wildman–Crippen LogP) is 1.91. The fourth-order valence-electron chi connectivity index (χ4n) is 2.85. The highest BCUT2D eigenvalue weighted by atomic mass is 32.1. The number of rotatable bonds is 3. The molecule has 1 fully saturated rings. The molecule has 2 N–H and O–H groups in total. The second-order valence-electron chi connectivity index (χ2n) is 5.36. The molecule has 0 aliphatic carbocycles.